The van der Waals surface area contributed by atoms with Gasteiger partial charge in [0.1, 0.15) is 5.82 Å². The van der Waals surface area contributed by atoms with Crippen molar-refractivity contribution in [3.63, 3.8) is 0 Å². The first-order valence-corrected chi connectivity index (χ1v) is 5.97. The number of nitrogen functional groups attached to an aromatic ring is 1. The van der Waals surface area contributed by atoms with Crippen LogP contribution in [0.1, 0.15) is 24.2 Å². The van der Waals surface area contributed by atoms with Crippen LogP contribution in [0.25, 0.3) is 0 Å². The lowest BCUT2D eigenvalue weighted by atomic mass is 10.1. The predicted octanol–water partition coefficient (Wildman–Crippen LogP) is 0.617. The number of hydrogen-bond acceptors (Lipinski definition) is 5. The van der Waals surface area contributed by atoms with Crippen molar-refractivity contribution in [1.29, 1.82) is 0 Å². The fraction of sp³-hybridized carbons (Fsp3) is 0.500. The van der Waals surface area contributed by atoms with Gasteiger partial charge in [-0.3, -0.25) is 4.79 Å². The Morgan fingerprint density at radius 1 is 1.61 bits per heavy atom. The highest BCUT2D eigenvalue weighted by atomic mass is 16.5. The molecular formula is C12H18N4O2. The Balaban J connectivity index is 2.18. The molecule has 3 N–H and O–H groups in total. The number of hydrogen-bond donors (Lipinski definition) is 2. The summed E-state index contributed by atoms with van der Waals surface area (Å²) >= 11 is 0. The molecule has 1 fully saturated rings. The molecule has 6 heteroatoms. The molecule has 1 saturated heterocycles. The Hall–Kier alpha value is -1.66. The number of carbonyl (C=O) groups excluding carboxylic acids is 1. The van der Waals surface area contributed by atoms with Gasteiger partial charge in [-0.2, -0.15) is 0 Å². The topological polar surface area (TPSA) is 80.5 Å². The van der Waals surface area contributed by atoms with Gasteiger partial charge in [0, 0.05) is 18.3 Å². The highest BCUT2D eigenvalue weighted by Gasteiger charge is 2.28. The van der Waals surface area contributed by atoms with Gasteiger partial charge in [0.05, 0.1) is 18.8 Å². The molecule has 6 nitrogen and oxygen atoms in total. The van der Waals surface area contributed by atoms with Crippen molar-refractivity contribution in [2.24, 2.45) is 5.84 Å². The third-order valence-corrected chi connectivity index (χ3v) is 3.02. The first-order chi connectivity index (χ1) is 8.61. The van der Waals surface area contributed by atoms with Crippen LogP contribution in [0.15, 0.2) is 18.3 Å². The molecule has 0 spiro atoms. The number of nitrogens with one attached hydrogen (secondary N) is 1. The summed E-state index contributed by atoms with van der Waals surface area (Å²) < 4.78 is 5.51. The molecule has 0 bridgehead atoms. The Kier molecular flexibility index (Phi) is 3.78. The lowest BCUT2D eigenvalue weighted by Crippen LogP contribution is -2.50. The number of anilines is 1. The SMILES string of the molecule is CC1CN(C(=O)c2ccnc(NN)c2)C(C)CO1. The monoisotopic (exact) mass is 250 g/mol. The Morgan fingerprint density at radius 3 is 3.11 bits per heavy atom. The summed E-state index contributed by atoms with van der Waals surface area (Å²) in [6.07, 6.45) is 1.64. The number of hydrazine groups is 1. The van der Waals surface area contributed by atoms with Crippen LogP contribution >= 0.6 is 0 Å². The first-order valence-electron chi connectivity index (χ1n) is 5.97. The maximum absolute atomic E-state index is 12.4. The van der Waals surface area contributed by atoms with Gasteiger partial charge in [-0.05, 0) is 26.0 Å². The maximum atomic E-state index is 12.4. The van der Waals surface area contributed by atoms with E-state index in [4.69, 9.17) is 10.6 Å². The molecule has 1 aromatic heterocycles. The molecule has 1 aromatic rings. The van der Waals surface area contributed by atoms with Gasteiger partial charge >= 0.3 is 0 Å². The van der Waals surface area contributed by atoms with Crippen LogP contribution in [0.2, 0.25) is 0 Å². The molecular weight excluding hydrogens is 232 g/mol. The largest absolute Gasteiger partial charge is 0.375 e. The van der Waals surface area contributed by atoms with Gasteiger partial charge in [-0.1, -0.05) is 0 Å². The number of nitrogens with zero attached hydrogens (tertiary/aromatic N) is 2. The number of ether oxygens (including phenoxy) is 1. The van der Waals surface area contributed by atoms with E-state index in [0.717, 1.165) is 0 Å². The minimum Gasteiger partial charge on any atom is -0.375 e. The first kappa shape index (κ1) is 12.8. The fourth-order valence-corrected chi connectivity index (χ4v) is 1.99. The van der Waals surface area contributed by atoms with Gasteiger partial charge in [0.15, 0.2) is 0 Å². The summed E-state index contributed by atoms with van der Waals surface area (Å²) in [4.78, 5) is 18.2. The van der Waals surface area contributed by atoms with Crippen LogP contribution < -0.4 is 11.3 Å². The molecule has 2 heterocycles. The van der Waals surface area contributed by atoms with Crippen molar-refractivity contribution < 1.29 is 9.53 Å². The van der Waals surface area contributed by atoms with E-state index < -0.39 is 0 Å². The molecule has 2 atom stereocenters. The van der Waals surface area contributed by atoms with Gasteiger partial charge in [0.2, 0.25) is 0 Å². The minimum absolute atomic E-state index is 0.0171. The summed E-state index contributed by atoms with van der Waals surface area (Å²) in [6.45, 7) is 5.12. The van der Waals surface area contributed by atoms with Crippen molar-refractivity contribution in [3.05, 3.63) is 23.9 Å². The number of carbonyl (C=O) groups is 1. The van der Waals surface area contributed by atoms with Crippen LogP contribution in [0.5, 0.6) is 0 Å². The maximum Gasteiger partial charge on any atom is 0.254 e. The second-order valence-electron chi connectivity index (χ2n) is 4.52. The molecule has 1 aliphatic rings. The van der Waals surface area contributed by atoms with E-state index in [0.29, 0.717) is 24.5 Å². The van der Waals surface area contributed by atoms with Crippen molar-refractivity contribution in [2.75, 3.05) is 18.6 Å². The van der Waals surface area contributed by atoms with E-state index in [-0.39, 0.29) is 18.1 Å². The van der Waals surface area contributed by atoms with E-state index in [2.05, 4.69) is 10.4 Å². The molecule has 0 radical (unpaired) electrons. The smallest absolute Gasteiger partial charge is 0.254 e. The number of morpholine rings is 1. The van der Waals surface area contributed by atoms with Gasteiger partial charge in [0.25, 0.3) is 5.91 Å². The molecule has 1 amide bonds. The van der Waals surface area contributed by atoms with E-state index >= 15 is 0 Å². The summed E-state index contributed by atoms with van der Waals surface area (Å²) in [6, 6.07) is 3.42. The molecule has 0 aromatic carbocycles. The Morgan fingerprint density at radius 2 is 2.39 bits per heavy atom. The normalized spacial score (nSPS) is 23.8. The van der Waals surface area contributed by atoms with Gasteiger partial charge < -0.3 is 15.1 Å². The minimum atomic E-state index is -0.0171. The molecule has 0 saturated carbocycles. The highest BCUT2D eigenvalue weighted by molar-refractivity contribution is 5.95. The van der Waals surface area contributed by atoms with Crippen LogP contribution in [0.3, 0.4) is 0 Å². The summed E-state index contributed by atoms with van der Waals surface area (Å²) in [5.41, 5.74) is 3.02. The third-order valence-electron chi connectivity index (χ3n) is 3.02. The molecule has 2 unspecified atom stereocenters. The number of nitrogens with two attached hydrogens (primary N) is 1. The van der Waals surface area contributed by atoms with Crippen molar-refractivity contribution >= 4 is 11.7 Å². The number of pyridine rings is 1. The number of amides is 1. The second-order valence-corrected chi connectivity index (χ2v) is 4.52. The molecule has 2 rings (SSSR count). The van der Waals surface area contributed by atoms with Gasteiger partial charge in [-0.15, -0.1) is 0 Å². The van der Waals surface area contributed by atoms with Crippen LogP contribution in [0, 0.1) is 0 Å². The summed E-state index contributed by atoms with van der Waals surface area (Å²) in [5.74, 6) is 5.75. The quantitative estimate of drug-likeness (QED) is 0.594. The van der Waals surface area contributed by atoms with Gasteiger partial charge in [-0.25, -0.2) is 10.8 Å². The lowest BCUT2D eigenvalue weighted by molar-refractivity contribution is -0.0387. The van der Waals surface area contributed by atoms with Crippen molar-refractivity contribution in [2.45, 2.75) is 26.0 Å². The lowest BCUT2D eigenvalue weighted by Gasteiger charge is -2.36. The Labute approximate surface area is 106 Å². The van der Waals surface area contributed by atoms with Crippen LogP contribution in [-0.2, 0) is 4.74 Å². The van der Waals surface area contributed by atoms with E-state index in [1.54, 1.807) is 18.3 Å². The predicted molar refractivity (Wildman–Crippen MR) is 68.0 cm³/mol. The van der Waals surface area contributed by atoms with Crippen LogP contribution in [-0.4, -0.2) is 41.1 Å². The Bertz CT molecular complexity index is 438. The molecule has 98 valence electrons. The molecule has 0 aliphatic carbocycles. The summed E-state index contributed by atoms with van der Waals surface area (Å²) in [7, 11) is 0. The highest BCUT2D eigenvalue weighted by Crippen LogP contribution is 2.16. The average Bonchev–Trinajstić information content (AvgIpc) is 2.41. The van der Waals surface area contributed by atoms with Crippen LogP contribution in [0.4, 0.5) is 5.82 Å². The third kappa shape index (κ3) is 2.60. The summed E-state index contributed by atoms with van der Waals surface area (Å²) in [5, 5.41) is 0. The van der Waals surface area contributed by atoms with E-state index in [9.17, 15) is 4.79 Å². The zero-order chi connectivity index (χ0) is 13.1. The average molecular weight is 250 g/mol. The standard InChI is InChI=1S/C12H18N4O2/c1-8-7-18-9(2)6-16(8)12(17)10-3-4-14-11(5-10)15-13/h3-5,8-9H,6-7,13H2,1-2H3,(H,14,15). The zero-order valence-electron chi connectivity index (χ0n) is 10.6. The molecule has 1 aliphatic heterocycles. The second kappa shape index (κ2) is 5.32. The fourth-order valence-electron chi connectivity index (χ4n) is 1.99. The molecule has 18 heavy (non-hydrogen) atoms. The zero-order valence-corrected chi connectivity index (χ0v) is 10.6. The van der Waals surface area contributed by atoms with Crippen molar-refractivity contribution in [1.82, 2.24) is 9.88 Å². The number of rotatable bonds is 2. The number of aromatic nitrogens is 1. The van der Waals surface area contributed by atoms with E-state index in [1.807, 2.05) is 18.7 Å². The van der Waals surface area contributed by atoms with E-state index in [1.165, 1.54) is 0 Å². The van der Waals surface area contributed by atoms with Crippen molar-refractivity contribution in [3.8, 4) is 0 Å².